The molecule has 0 aromatic heterocycles. The molecule has 2 atom stereocenters. The molecule has 2 rings (SSSR count). The maximum Gasteiger partial charge on any atom is 0.0509 e. The van der Waals surface area contributed by atoms with Crippen molar-refractivity contribution in [3.63, 3.8) is 0 Å². The van der Waals surface area contributed by atoms with E-state index in [0.717, 1.165) is 37.0 Å². The number of ether oxygens (including phenoxy) is 1. The van der Waals surface area contributed by atoms with Gasteiger partial charge in [0, 0.05) is 12.6 Å². The molecule has 2 heteroatoms. The molecule has 1 saturated heterocycles. The van der Waals surface area contributed by atoms with Crippen LogP contribution in [0.1, 0.15) is 78.1 Å². The van der Waals surface area contributed by atoms with Crippen LogP contribution in [0.2, 0.25) is 0 Å². The monoisotopic (exact) mass is 295 g/mol. The summed E-state index contributed by atoms with van der Waals surface area (Å²) >= 11 is 0. The first-order valence-corrected chi connectivity index (χ1v) is 9.66. The molecule has 2 nitrogen and oxygen atoms in total. The van der Waals surface area contributed by atoms with Gasteiger partial charge < -0.3 is 10.1 Å². The van der Waals surface area contributed by atoms with Gasteiger partial charge in [0.1, 0.15) is 0 Å². The maximum atomic E-state index is 5.77. The van der Waals surface area contributed by atoms with Crippen molar-refractivity contribution in [2.45, 2.75) is 84.1 Å². The van der Waals surface area contributed by atoms with Crippen LogP contribution in [0.4, 0.5) is 0 Å². The molecule has 0 spiro atoms. The zero-order chi connectivity index (χ0) is 14.9. The first kappa shape index (κ1) is 17.3. The summed E-state index contributed by atoms with van der Waals surface area (Å²) < 4.78 is 5.77. The Morgan fingerprint density at radius 2 is 1.81 bits per heavy atom. The molecule has 0 aromatic rings. The van der Waals surface area contributed by atoms with Crippen LogP contribution in [0.25, 0.3) is 0 Å². The smallest absolute Gasteiger partial charge is 0.0509 e. The lowest BCUT2D eigenvalue weighted by atomic mass is 9.73. The average molecular weight is 296 g/mol. The Hall–Kier alpha value is -0.0800. The van der Waals surface area contributed by atoms with Gasteiger partial charge in [0.15, 0.2) is 0 Å². The largest absolute Gasteiger partial charge is 0.381 e. The third-order valence-electron chi connectivity index (χ3n) is 5.70. The second kappa shape index (κ2) is 9.84. The van der Waals surface area contributed by atoms with Crippen LogP contribution in [0.3, 0.4) is 0 Å². The Morgan fingerprint density at radius 3 is 2.43 bits per heavy atom. The van der Waals surface area contributed by atoms with Crippen LogP contribution < -0.4 is 5.32 Å². The highest BCUT2D eigenvalue weighted by Crippen LogP contribution is 2.36. The summed E-state index contributed by atoms with van der Waals surface area (Å²) in [4.78, 5) is 0. The van der Waals surface area contributed by atoms with E-state index in [9.17, 15) is 0 Å². The first-order chi connectivity index (χ1) is 10.3. The van der Waals surface area contributed by atoms with Gasteiger partial charge in [0.2, 0.25) is 0 Å². The summed E-state index contributed by atoms with van der Waals surface area (Å²) in [5.74, 6) is 2.69. The van der Waals surface area contributed by atoms with E-state index >= 15 is 0 Å². The van der Waals surface area contributed by atoms with Crippen LogP contribution in [-0.2, 0) is 4.74 Å². The van der Waals surface area contributed by atoms with E-state index in [2.05, 4.69) is 19.2 Å². The van der Waals surface area contributed by atoms with Crippen LogP contribution in [-0.4, -0.2) is 25.8 Å². The van der Waals surface area contributed by atoms with Gasteiger partial charge in [-0.1, -0.05) is 46.0 Å². The lowest BCUT2D eigenvalue weighted by Crippen LogP contribution is -2.46. The van der Waals surface area contributed by atoms with Gasteiger partial charge in [-0.3, -0.25) is 0 Å². The Kier molecular flexibility index (Phi) is 8.10. The number of hydrogen-bond donors (Lipinski definition) is 1. The summed E-state index contributed by atoms with van der Waals surface area (Å²) in [5, 5.41) is 3.89. The molecule has 21 heavy (non-hydrogen) atoms. The van der Waals surface area contributed by atoms with Crippen molar-refractivity contribution in [2.24, 2.45) is 17.8 Å². The fourth-order valence-electron chi connectivity index (χ4n) is 4.41. The van der Waals surface area contributed by atoms with Crippen LogP contribution in [0.5, 0.6) is 0 Å². The third kappa shape index (κ3) is 5.56. The minimum atomic E-state index is 0.720. The van der Waals surface area contributed by atoms with Crippen molar-refractivity contribution >= 4 is 0 Å². The summed E-state index contributed by atoms with van der Waals surface area (Å²) in [6.07, 6.45) is 14.0. The fraction of sp³-hybridized carbons (Fsp3) is 1.00. The molecular formula is C19H37NO. The van der Waals surface area contributed by atoms with Crippen molar-refractivity contribution in [2.75, 3.05) is 19.8 Å². The zero-order valence-electron chi connectivity index (χ0n) is 14.4. The lowest BCUT2D eigenvalue weighted by Gasteiger charge is -2.40. The van der Waals surface area contributed by atoms with Crippen molar-refractivity contribution < 1.29 is 4.74 Å². The molecule has 124 valence electrons. The van der Waals surface area contributed by atoms with E-state index in [-0.39, 0.29) is 0 Å². The minimum Gasteiger partial charge on any atom is -0.381 e. The average Bonchev–Trinajstić information content (AvgIpc) is 2.55. The predicted octanol–water partition coefficient (Wildman–Crippen LogP) is 4.78. The highest BCUT2D eigenvalue weighted by atomic mass is 16.5. The summed E-state index contributed by atoms with van der Waals surface area (Å²) in [5.41, 5.74) is 0. The molecule has 1 N–H and O–H groups in total. The number of nitrogens with one attached hydrogen (secondary N) is 1. The SMILES string of the molecule is CCCCC1CCC(C(NCCC)C2CCCOC2)CC1. The second-order valence-corrected chi connectivity index (χ2v) is 7.38. The zero-order valence-corrected chi connectivity index (χ0v) is 14.4. The van der Waals surface area contributed by atoms with Crippen LogP contribution >= 0.6 is 0 Å². The molecular weight excluding hydrogens is 258 g/mol. The van der Waals surface area contributed by atoms with Gasteiger partial charge in [0.05, 0.1) is 6.61 Å². The molecule has 2 unspecified atom stereocenters. The van der Waals surface area contributed by atoms with Crippen molar-refractivity contribution in [3.8, 4) is 0 Å². The summed E-state index contributed by atoms with van der Waals surface area (Å²) in [6, 6.07) is 0.720. The number of hydrogen-bond acceptors (Lipinski definition) is 2. The van der Waals surface area contributed by atoms with Crippen LogP contribution in [0.15, 0.2) is 0 Å². The van der Waals surface area contributed by atoms with Gasteiger partial charge >= 0.3 is 0 Å². The van der Waals surface area contributed by atoms with Gasteiger partial charge in [-0.2, -0.15) is 0 Å². The molecule has 0 bridgehead atoms. The Labute approximate surface area is 132 Å². The van der Waals surface area contributed by atoms with Crippen LogP contribution in [0, 0.1) is 17.8 Å². The molecule has 0 aromatic carbocycles. The number of rotatable bonds is 8. The van der Waals surface area contributed by atoms with Gasteiger partial charge in [-0.15, -0.1) is 0 Å². The highest BCUT2D eigenvalue weighted by molar-refractivity contribution is 4.87. The first-order valence-electron chi connectivity index (χ1n) is 9.66. The standard InChI is InChI=1S/C19H37NO/c1-3-5-7-16-9-11-17(12-10-16)19(20-13-4-2)18-8-6-14-21-15-18/h16-20H,3-15H2,1-2H3. The van der Waals surface area contributed by atoms with E-state index in [1.807, 2.05) is 0 Å². The van der Waals surface area contributed by atoms with Gasteiger partial charge in [-0.25, -0.2) is 0 Å². The van der Waals surface area contributed by atoms with E-state index in [0.29, 0.717) is 0 Å². The molecule has 1 saturated carbocycles. The van der Waals surface area contributed by atoms with Crippen molar-refractivity contribution in [3.05, 3.63) is 0 Å². The van der Waals surface area contributed by atoms with E-state index in [4.69, 9.17) is 4.74 Å². The Morgan fingerprint density at radius 1 is 1.00 bits per heavy atom. The third-order valence-corrected chi connectivity index (χ3v) is 5.70. The van der Waals surface area contributed by atoms with Gasteiger partial charge in [-0.05, 0) is 56.4 Å². The summed E-state index contributed by atoms with van der Waals surface area (Å²) in [7, 11) is 0. The second-order valence-electron chi connectivity index (χ2n) is 7.38. The lowest BCUT2D eigenvalue weighted by molar-refractivity contribution is 0.0223. The number of unbranched alkanes of at least 4 members (excludes halogenated alkanes) is 1. The van der Waals surface area contributed by atoms with Crippen molar-refractivity contribution in [1.82, 2.24) is 5.32 Å². The fourth-order valence-corrected chi connectivity index (χ4v) is 4.41. The predicted molar refractivity (Wildman–Crippen MR) is 90.6 cm³/mol. The normalized spacial score (nSPS) is 32.0. The quantitative estimate of drug-likeness (QED) is 0.696. The summed E-state index contributed by atoms with van der Waals surface area (Å²) in [6.45, 7) is 7.76. The molecule has 0 radical (unpaired) electrons. The molecule has 1 aliphatic heterocycles. The van der Waals surface area contributed by atoms with Gasteiger partial charge in [0.25, 0.3) is 0 Å². The highest BCUT2D eigenvalue weighted by Gasteiger charge is 2.33. The van der Waals surface area contributed by atoms with E-state index in [1.54, 1.807) is 0 Å². The molecule has 1 aliphatic carbocycles. The van der Waals surface area contributed by atoms with E-state index in [1.165, 1.54) is 70.8 Å². The molecule has 2 fully saturated rings. The Bertz CT molecular complexity index is 254. The van der Waals surface area contributed by atoms with Crippen molar-refractivity contribution in [1.29, 1.82) is 0 Å². The van der Waals surface area contributed by atoms with E-state index < -0.39 is 0 Å². The minimum absolute atomic E-state index is 0.720. The molecule has 2 aliphatic rings. The molecule has 1 heterocycles. The molecule has 0 amide bonds. The Balaban J connectivity index is 1.82. The topological polar surface area (TPSA) is 21.3 Å². The maximum absolute atomic E-state index is 5.77.